The zero-order chi connectivity index (χ0) is 13.5. The van der Waals surface area contributed by atoms with Crippen molar-refractivity contribution in [2.45, 2.75) is 6.92 Å². The molecule has 0 heterocycles. The number of phosphoric ester groups is 1. The van der Waals surface area contributed by atoms with Crippen LogP contribution in [0.15, 0.2) is 0 Å². The summed E-state index contributed by atoms with van der Waals surface area (Å²) in [6, 6.07) is 0. The number of rotatable bonds is 7. The van der Waals surface area contributed by atoms with Gasteiger partial charge in [0.05, 0.1) is 18.3 Å². The minimum Gasteiger partial charge on any atom is -0.290 e. The molecule has 0 saturated heterocycles. The van der Waals surface area contributed by atoms with Gasteiger partial charge in [0.15, 0.2) is 0 Å². The Bertz CT molecular complexity index is 425. The summed E-state index contributed by atoms with van der Waals surface area (Å²) in [4.78, 5) is 0. The normalized spacial score (nSPS) is 13.9. The van der Waals surface area contributed by atoms with Crippen molar-refractivity contribution in [3.63, 3.8) is 0 Å². The molecule has 0 aromatic rings. The lowest BCUT2D eigenvalue weighted by Crippen LogP contribution is -2.18. The van der Waals surface area contributed by atoms with Crippen LogP contribution >= 0.6 is 7.82 Å². The first kappa shape index (κ1) is 16.6. The molecule has 0 bridgehead atoms. The minimum absolute atomic E-state index is 0.292. The van der Waals surface area contributed by atoms with Crippen LogP contribution in [0.5, 0.6) is 0 Å². The van der Waals surface area contributed by atoms with Crippen molar-refractivity contribution < 1.29 is 31.1 Å². The smallest absolute Gasteiger partial charge is 0.290 e. The second-order valence-electron chi connectivity index (χ2n) is 2.95. The van der Waals surface area contributed by atoms with E-state index in [1.165, 1.54) is 6.92 Å². The summed E-state index contributed by atoms with van der Waals surface area (Å²) < 4.78 is 55.4. The third-order valence-electron chi connectivity index (χ3n) is 1.64. The van der Waals surface area contributed by atoms with Gasteiger partial charge in [-0.2, -0.15) is 8.42 Å². The first-order chi connectivity index (χ1) is 7.76. The number of hydrogen-bond donors (Lipinski definition) is 1. The van der Waals surface area contributed by atoms with E-state index in [0.717, 1.165) is 14.2 Å². The maximum atomic E-state index is 11.5. The first-order valence-corrected chi connectivity index (χ1v) is 7.56. The zero-order valence-corrected chi connectivity index (χ0v) is 11.5. The fraction of sp³-hybridized carbons (Fsp3) is 0.750. The monoisotopic (exact) mass is 286 g/mol. The highest BCUT2D eigenvalue weighted by Gasteiger charge is 2.25. The quantitative estimate of drug-likeness (QED) is 0.422. The van der Waals surface area contributed by atoms with Gasteiger partial charge in [-0.15, -0.1) is 5.92 Å². The Morgan fingerprint density at radius 2 is 1.88 bits per heavy atom. The third kappa shape index (κ3) is 7.49. The van der Waals surface area contributed by atoms with Crippen LogP contribution in [-0.4, -0.2) is 39.5 Å². The third-order valence-corrected chi connectivity index (χ3v) is 3.82. The van der Waals surface area contributed by atoms with Gasteiger partial charge in [0, 0.05) is 14.2 Å². The molecule has 0 fully saturated rings. The van der Waals surface area contributed by atoms with E-state index >= 15 is 0 Å². The molecule has 7 nitrogen and oxygen atoms in total. The van der Waals surface area contributed by atoms with E-state index < -0.39 is 29.6 Å². The van der Waals surface area contributed by atoms with E-state index in [0.29, 0.717) is 0 Å². The van der Waals surface area contributed by atoms with Crippen LogP contribution in [0.4, 0.5) is 0 Å². The fourth-order valence-electron chi connectivity index (χ4n) is 0.951. The standard InChI is InChI=1S/C8H15O7PS/c1-4-5-8(7-17(10,11)12)6-15-16(9,13-2)14-3/h8H,6-7H2,1-3H3,(H,10,11,12). The molecule has 0 aliphatic carbocycles. The average molecular weight is 286 g/mol. The maximum absolute atomic E-state index is 11.5. The Morgan fingerprint density at radius 1 is 1.35 bits per heavy atom. The summed E-state index contributed by atoms with van der Waals surface area (Å²) in [5.41, 5.74) is 0. The van der Waals surface area contributed by atoms with Crippen LogP contribution in [0.1, 0.15) is 6.92 Å². The molecule has 100 valence electrons. The first-order valence-electron chi connectivity index (χ1n) is 4.50. The largest absolute Gasteiger partial charge is 0.474 e. The summed E-state index contributed by atoms with van der Waals surface area (Å²) in [6.07, 6.45) is 0. The maximum Gasteiger partial charge on any atom is 0.474 e. The molecular weight excluding hydrogens is 271 g/mol. The van der Waals surface area contributed by atoms with Crippen LogP contribution < -0.4 is 0 Å². The van der Waals surface area contributed by atoms with Crippen molar-refractivity contribution >= 4 is 17.9 Å². The second kappa shape index (κ2) is 7.11. The summed E-state index contributed by atoms with van der Waals surface area (Å²) in [6.45, 7) is 1.21. The van der Waals surface area contributed by atoms with Crippen LogP contribution in [0, 0.1) is 17.8 Å². The Morgan fingerprint density at radius 3 is 2.24 bits per heavy atom. The molecule has 0 aliphatic rings. The minimum atomic E-state index is -4.18. The van der Waals surface area contributed by atoms with Crippen molar-refractivity contribution in [3.8, 4) is 11.8 Å². The predicted molar refractivity (Wildman–Crippen MR) is 60.9 cm³/mol. The van der Waals surface area contributed by atoms with Gasteiger partial charge in [-0.25, -0.2) is 4.57 Å². The molecule has 0 aromatic heterocycles. The topological polar surface area (TPSA) is 99.1 Å². The van der Waals surface area contributed by atoms with E-state index in [4.69, 9.17) is 9.08 Å². The molecule has 9 heteroatoms. The van der Waals surface area contributed by atoms with Gasteiger partial charge < -0.3 is 0 Å². The van der Waals surface area contributed by atoms with Crippen molar-refractivity contribution in [2.24, 2.45) is 5.92 Å². The Balaban J connectivity index is 4.57. The molecule has 1 N–H and O–H groups in total. The van der Waals surface area contributed by atoms with Gasteiger partial charge in [-0.05, 0) is 6.92 Å². The zero-order valence-electron chi connectivity index (χ0n) is 9.74. The van der Waals surface area contributed by atoms with Crippen LogP contribution in [-0.2, 0) is 28.3 Å². The molecule has 0 radical (unpaired) electrons. The molecule has 0 rings (SSSR count). The summed E-state index contributed by atoms with van der Waals surface area (Å²) in [7, 11) is -5.58. The van der Waals surface area contributed by atoms with Crippen molar-refractivity contribution in [1.82, 2.24) is 0 Å². The van der Waals surface area contributed by atoms with Gasteiger partial charge in [0.2, 0.25) is 0 Å². The van der Waals surface area contributed by atoms with Gasteiger partial charge >= 0.3 is 7.82 Å². The Kier molecular flexibility index (Phi) is 6.94. The molecule has 1 atom stereocenters. The summed E-state index contributed by atoms with van der Waals surface area (Å²) in [5, 5.41) is 0. The Labute approximate surface area is 101 Å². The highest BCUT2D eigenvalue weighted by Crippen LogP contribution is 2.47. The molecule has 0 aromatic carbocycles. The van der Waals surface area contributed by atoms with Crippen LogP contribution in [0.25, 0.3) is 0 Å². The molecular formula is C8H15O7PS. The van der Waals surface area contributed by atoms with E-state index in [2.05, 4.69) is 20.9 Å². The lowest BCUT2D eigenvalue weighted by molar-refractivity contribution is 0.144. The van der Waals surface area contributed by atoms with Gasteiger partial charge in [0.25, 0.3) is 10.1 Å². The average Bonchev–Trinajstić information content (AvgIpc) is 2.24. The number of hydrogen-bond acceptors (Lipinski definition) is 6. The molecule has 17 heavy (non-hydrogen) atoms. The lowest BCUT2D eigenvalue weighted by Gasteiger charge is -2.15. The van der Waals surface area contributed by atoms with Crippen LogP contribution in [0.3, 0.4) is 0 Å². The Hall–Kier alpha value is -0.420. The van der Waals surface area contributed by atoms with Gasteiger partial charge in [0.1, 0.15) is 0 Å². The molecule has 0 spiro atoms. The molecule has 1 unspecified atom stereocenters. The lowest BCUT2D eigenvalue weighted by atomic mass is 10.2. The van der Waals surface area contributed by atoms with Crippen LogP contribution in [0.2, 0.25) is 0 Å². The van der Waals surface area contributed by atoms with Crippen molar-refractivity contribution in [3.05, 3.63) is 0 Å². The number of phosphoric acid groups is 1. The van der Waals surface area contributed by atoms with E-state index in [1.807, 2.05) is 0 Å². The predicted octanol–water partition coefficient (Wildman–Crippen LogP) is 0.931. The van der Waals surface area contributed by atoms with Crippen molar-refractivity contribution in [2.75, 3.05) is 26.6 Å². The van der Waals surface area contributed by atoms with Gasteiger partial charge in [-0.1, -0.05) is 5.92 Å². The SMILES string of the molecule is CC#CC(COP(=O)(OC)OC)CS(=O)(=O)O. The van der Waals surface area contributed by atoms with E-state index in [-0.39, 0.29) is 6.61 Å². The summed E-state index contributed by atoms with van der Waals surface area (Å²) >= 11 is 0. The van der Waals surface area contributed by atoms with Gasteiger partial charge in [-0.3, -0.25) is 18.1 Å². The fourth-order valence-corrected chi connectivity index (χ4v) is 2.36. The van der Waals surface area contributed by atoms with Crippen molar-refractivity contribution in [1.29, 1.82) is 0 Å². The molecule has 0 aliphatic heterocycles. The highest BCUT2D eigenvalue weighted by atomic mass is 32.2. The van der Waals surface area contributed by atoms with E-state index in [1.54, 1.807) is 0 Å². The highest BCUT2D eigenvalue weighted by molar-refractivity contribution is 7.85. The summed E-state index contributed by atoms with van der Waals surface area (Å²) in [5.74, 6) is 3.58. The van der Waals surface area contributed by atoms with E-state index in [9.17, 15) is 13.0 Å². The molecule has 0 saturated carbocycles. The molecule has 0 amide bonds. The second-order valence-corrected chi connectivity index (χ2v) is 6.33.